The number of para-hydroxylation sites is 1. The van der Waals surface area contributed by atoms with Crippen LogP contribution in [0.2, 0.25) is 0 Å². The van der Waals surface area contributed by atoms with Crippen LogP contribution in [-0.2, 0) is 15.7 Å². The van der Waals surface area contributed by atoms with Crippen LogP contribution in [0.4, 0.5) is 32.0 Å². The van der Waals surface area contributed by atoms with E-state index >= 15 is 0 Å². The van der Waals surface area contributed by atoms with Gasteiger partial charge in [0.1, 0.15) is 6.04 Å². The molecule has 1 aromatic carbocycles. The number of halogens is 6. The van der Waals surface area contributed by atoms with Crippen LogP contribution < -0.4 is 5.32 Å². The molecule has 3 rings (SSSR count). The zero-order chi connectivity index (χ0) is 17.8. The fourth-order valence-corrected chi connectivity index (χ4v) is 3.07. The summed E-state index contributed by atoms with van der Waals surface area (Å²) in [5, 5.41) is 1.81. The molecular formula is C14H12F6N2O2. The number of rotatable bonds is 2. The summed E-state index contributed by atoms with van der Waals surface area (Å²) in [5.74, 6) is -4.39. The van der Waals surface area contributed by atoms with Crippen LogP contribution in [-0.4, -0.2) is 35.5 Å². The van der Waals surface area contributed by atoms with Gasteiger partial charge in [-0.3, -0.25) is 4.79 Å². The first kappa shape index (κ1) is 16.9. The zero-order valence-corrected chi connectivity index (χ0v) is 12.0. The Labute approximate surface area is 132 Å². The summed E-state index contributed by atoms with van der Waals surface area (Å²) in [6.07, 6.45) is -9.50. The molecule has 0 amide bonds. The summed E-state index contributed by atoms with van der Waals surface area (Å²) in [6, 6.07) is 2.64. The molecule has 2 aliphatic heterocycles. The van der Waals surface area contributed by atoms with Crippen LogP contribution in [0.15, 0.2) is 24.3 Å². The maximum atomic E-state index is 13.7. The van der Waals surface area contributed by atoms with E-state index in [-0.39, 0.29) is 13.0 Å². The van der Waals surface area contributed by atoms with Gasteiger partial charge in [-0.1, -0.05) is 12.1 Å². The maximum Gasteiger partial charge on any atom is 0.465 e. The highest BCUT2D eigenvalue weighted by Crippen LogP contribution is 2.47. The van der Waals surface area contributed by atoms with Crippen molar-refractivity contribution in [2.24, 2.45) is 0 Å². The maximum absolute atomic E-state index is 13.7. The van der Waals surface area contributed by atoms with Gasteiger partial charge in [0.2, 0.25) is 0 Å². The topological polar surface area (TPSA) is 41.6 Å². The average molecular weight is 354 g/mol. The summed E-state index contributed by atoms with van der Waals surface area (Å²) in [7, 11) is 0. The largest absolute Gasteiger partial charge is 0.465 e. The van der Waals surface area contributed by atoms with Gasteiger partial charge in [-0.05, 0) is 25.0 Å². The van der Waals surface area contributed by atoms with Crippen molar-refractivity contribution in [3.05, 3.63) is 29.8 Å². The van der Waals surface area contributed by atoms with Gasteiger partial charge < -0.3 is 10.1 Å². The lowest BCUT2D eigenvalue weighted by atomic mass is 10.1. The monoisotopic (exact) mass is 354 g/mol. The first-order chi connectivity index (χ1) is 11.1. The molecule has 2 saturated heterocycles. The number of ether oxygens (including phenoxy) is 1. The quantitative estimate of drug-likeness (QED) is 0.653. The number of benzene rings is 1. The minimum atomic E-state index is -5.12. The van der Waals surface area contributed by atoms with Gasteiger partial charge in [0.25, 0.3) is 0 Å². The van der Waals surface area contributed by atoms with Crippen molar-refractivity contribution in [3.63, 3.8) is 0 Å². The number of carbonyl (C=O) groups is 1. The molecule has 1 N–H and O–H groups in total. The van der Waals surface area contributed by atoms with Crippen LogP contribution in [0, 0.1) is 0 Å². The van der Waals surface area contributed by atoms with Crippen molar-refractivity contribution in [1.29, 1.82) is 0 Å². The molecule has 0 unspecified atom stereocenters. The number of nitrogens with one attached hydrogen (secondary N) is 1. The predicted molar refractivity (Wildman–Crippen MR) is 69.7 cm³/mol. The van der Waals surface area contributed by atoms with Crippen LogP contribution in [0.1, 0.15) is 18.4 Å². The highest BCUT2D eigenvalue weighted by Gasteiger charge is 2.70. The SMILES string of the molecule is O=C1O[C@](Nc2ccccc2C(F)(F)F)(C(F)(F)F)N2CCC[C@H]12. The highest BCUT2D eigenvalue weighted by atomic mass is 19.4. The van der Waals surface area contributed by atoms with Gasteiger partial charge in [0.05, 0.1) is 11.3 Å². The van der Waals surface area contributed by atoms with Crippen LogP contribution >= 0.6 is 0 Å². The number of fused-ring (bicyclic) bond motifs is 1. The third kappa shape index (κ3) is 2.48. The normalized spacial score (nSPS) is 27.9. The standard InChI is InChI=1S/C14H12F6N2O2/c15-12(16,17)8-4-1-2-5-9(8)21-14(13(18,19)20)22-7-3-6-10(22)11(23)24-14/h1-2,4-5,10,21H,3,6-7H2/t10-,14+/m1/s1. The van der Waals surface area contributed by atoms with Crippen molar-refractivity contribution >= 4 is 11.7 Å². The molecule has 2 atom stereocenters. The summed E-state index contributed by atoms with van der Waals surface area (Å²) < 4.78 is 84.7. The molecule has 4 nitrogen and oxygen atoms in total. The van der Waals surface area contributed by atoms with Crippen molar-refractivity contribution < 1.29 is 35.9 Å². The van der Waals surface area contributed by atoms with E-state index in [1.54, 1.807) is 0 Å². The fourth-order valence-electron chi connectivity index (χ4n) is 3.07. The van der Waals surface area contributed by atoms with Crippen molar-refractivity contribution in [2.45, 2.75) is 37.1 Å². The van der Waals surface area contributed by atoms with E-state index < -0.39 is 41.5 Å². The molecule has 2 heterocycles. The Hall–Kier alpha value is -1.97. The van der Waals surface area contributed by atoms with Gasteiger partial charge in [0.15, 0.2) is 0 Å². The Morgan fingerprint density at radius 1 is 1.17 bits per heavy atom. The number of hydrogen-bond donors (Lipinski definition) is 1. The summed E-state index contributed by atoms with van der Waals surface area (Å²) >= 11 is 0. The Morgan fingerprint density at radius 2 is 1.83 bits per heavy atom. The lowest BCUT2D eigenvalue weighted by Crippen LogP contribution is -2.62. The minimum absolute atomic E-state index is 0.114. The second kappa shape index (κ2) is 5.27. The molecular weight excluding hydrogens is 342 g/mol. The van der Waals surface area contributed by atoms with E-state index in [1.165, 1.54) is 6.07 Å². The van der Waals surface area contributed by atoms with Crippen LogP contribution in [0.3, 0.4) is 0 Å². The molecule has 132 valence electrons. The second-order valence-corrected chi connectivity index (χ2v) is 5.58. The van der Waals surface area contributed by atoms with Crippen LogP contribution in [0.25, 0.3) is 0 Å². The van der Waals surface area contributed by atoms with E-state index in [2.05, 4.69) is 4.74 Å². The predicted octanol–water partition coefficient (Wildman–Crippen LogP) is 3.35. The molecule has 0 aliphatic carbocycles. The molecule has 24 heavy (non-hydrogen) atoms. The van der Waals surface area contributed by atoms with Gasteiger partial charge >= 0.3 is 24.2 Å². The number of nitrogens with zero attached hydrogens (tertiary/aromatic N) is 1. The first-order valence-electron chi connectivity index (χ1n) is 7.07. The molecule has 1 aromatic rings. The molecule has 0 aromatic heterocycles. The van der Waals surface area contributed by atoms with E-state index in [1.807, 2.05) is 5.32 Å². The number of esters is 1. The average Bonchev–Trinajstić information content (AvgIpc) is 3.02. The Kier molecular flexibility index (Phi) is 3.70. The Bertz CT molecular complexity index is 659. The van der Waals surface area contributed by atoms with E-state index in [0.717, 1.165) is 17.0 Å². The van der Waals surface area contributed by atoms with E-state index in [4.69, 9.17) is 0 Å². The molecule has 0 saturated carbocycles. The van der Waals surface area contributed by atoms with Crippen molar-refractivity contribution in [1.82, 2.24) is 4.90 Å². The van der Waals surface area contributed by atoms with Gasteiger partial charge in [-0.15, -0.1) is 0 Å². The fraction of sp³-hybridized carbons (Fsp3) is 0.500. The minimum Gasteiger partial charge on any atom is -0.414 e. The van der Waals surface area contributed by atoms with Gasteiger partial charge in [-0.25, -0.2) is 4.90 Å². The van der Waals surface area contributed by atoms with Gasteiger partial charge in [0, 0.05) is 6.54 Å². The summed E-state index contributed by atoms with van der Waals surface area (Å²) in [5.41, 5.74) is -2.07. The summed E-state index contributed by atoms with van der Waals surface area (Å²) in [6.45, 7) is -0.114. The number of alkyl halides is 6. The van der Waals surface area contributed by atoms with Gasteiger partial charge in [-0.2, -0.15) is 26.3 Å². The number of carbonyl (C=O) groups excluding carboxylic acids is 1. The lowest BCUT2D eigenvalue weighted by molar-refractivity contribution is -0.286. The Morgan fingerprint density at radius 3 is 2.46 bits per heavy atom. The highest BCUT2D eigenvalue weighted by molar-refractivity contribution is 5.79. The molecule has 0 radical (unpaired) electrons. The molecule has 0 spiro atoms. The smallest absolute Gasteiger partial charge is 0.414 e. The molecule has 10 heteroatoms. The first-order valence-corrected chi connectivity index (χ1v) is 7.07. The number of anilines is 1. The third-order valence-corrected chi connectivity index (χ3v) is 4.10. The lowest BCUT2D eigenvalue weighted by Gasteiger charge is -2.38. The zero-order valence-electron chi connectivity index (χ0n) is 12.0. The Balaban J connectivity index is 2.07. The van der Waals surface area contributed by atoms with Crippen molar-refractivity contribution in [3.8, 4) is 0 Å². The molecule has 2 aliphatic rings. The van der Waals surface area contributed by atoms with Crippen molar-refractivity contribution in [2.75, 3.05) is 11.9 Å². The second-order valence-electron chi connectivity index (χ2n) is 5.58. The molecule has 0 bridgehead atoms. The number of cyclic esters (lactones) is 1. The summed E-state index contributed by atoms with van der Waals surface area (Å²) in [4.78, 5) is 12.5. The van der Waals surface area contributed by atoms with E-state index in [0.29, 0.717) is 12.5 Å². The third-order valence-electron chi connectivity index (χ3n) is 4.10. The molecule has 2 fully saturated rings. The number of hydrogen-bond acceptors (Lipinski definition) is 4. The van der Waals surface area contributed by atoms with E-state index in [9.17, 15) is 31.1 Å². The van der Waals surface area contributed by atoms with Crippen LogP contribution in [0.5, 0.6) is 0 Å².